The van der Waals surface area contributed by atoms with Gasteiger partial charge in [0.1, 0.15) is 31.5 Å². The number of anilines is 1. The maximum atomic E-state index is 13.6. The monoisotopic (exact) mass is 519 g/mol. The van der Waals surface area contributed by atoms with Crippen LogP contribution in [0.25, 0.3) is 0 Å². The molecular weight excluding hydrogens is 486 g/mol. The largest absolute Gasteiger partial charge is 0.497 e. The fraction of sp³-hybridized carbons (Fsp3) is 0.440. The van der Waals surface area contributed by atoms with Gasteiger partial charge in [0.25, 0.3) is 0 Å². The topological polar surface area (TPSA) is 114 Å². The molecule has 0 saturated heterocycles. The van der Waals surface area contributed by atoms with Crippen molar-refractivity contribution >= 4 is 27.5 Å². The highest BCUT2D eigenvalue weighted by atomic mass is 32.2. The lowest BCUT2D eigenvalue weighted by atomic mass is 10.1. The van der Waals surface area contributed by atoms with Crippen LogP contribution in [0.3, 0.4) is 0 Å². The summed E-state index contributed by atoms with van der Waals surface area (Å²) in [5.74, 6) is 0.454. The molecule has 1 atom stereocenters. The van der Waals surface area contributed by atoms with E-state index in [1.807, 2.05) is 6.07 Å². The van der Waals surface area contributed by atoms with Crippen molar-refractivity contribution in [2.24, 2.45) is 0 Å². The molecule has 10 nitrogen and oxygen atoms in total. The summed E-state index contributed by atoms with van der Waals surface area (Å²) >= 11 is 0. The summed E-state index contributed by atoms with van der Waals surface area (Å²) in [6.07, 6.45) is 0. The van der Waals surface area contributed by atoms with Gasteiger partial charge >= 0.3 is 0 Å². The molecule has 2 aromatic rings. The van der Waals surface area contributed by atoms with E-state index in [2.05, 4.69) is 5.32 Å². The number of ether oxygens (including phenoxy) is 3. The summed E-state index contributed by atoms with van der Waals surface area (Å²) in [6, 6.07) is 11.1. The molecule has 1 aliphatic rings. The van der Waals surface area contributed by atoms with Gasteiger partial charge in [-0.3, -0.25) is 13.9 Å². The van der Waals surface area contributed by atoms with Crippen LogP contribution in [0.15, 0.2) is 42.5 Å². The first-order chi connectivity index (χ1) is 17.2. The van der Waals surface area contributed by atoms with Crippen molar-refractivity contribution in [3.63, 3.8) is 0 Å². The van der Waals surface area contributed by atoms with Crippen molar-refractivity contribution in [1.82, 2.24) is 10.2 Å². The molecule has 1 aliphatic heterocycles. The maximum absolute atomic E-state index is 13.6. The number of hydrogen-bond donors (Lipinski definition) is 1. The second kappa shape index (κ2) is 12.0. The summed E-state index contributed by atoms with van der Waals surface area (Å²) in [4.78, 5) is 27.7. The summed E-state index contributed by atoms with van der Waals surface area (Å²) in [7, 11) is -2.30. The van der Waals surface area contributed by atoms with Crippen molar-refractivity contribution < 1.29 is 32.2 Å². The average Bonchev–Trinajstić information content (AvgIpc) is 2.89. The zero-order valence-corrected chi connectivity index (χ0v) is 21.8. The molecule has 0 fully saturated rings. The Morgan fingerprint density at radius 1 is 1.08 bits per heavy atom. The van der Waals surface area contributed by atoms with Crippen LogP contribution in [-0.4, -0.2) is 70.3 Å². The summed E-state index contributed by atoms with van der Waals surface area (Å²) in [5, 5.41) is 2.73. The van der Waals surface area contributed by atoms with Crippen molar-refractivity contribution in [3.05, 3.63) is 48.0 Å². The van der Waals surface area contributed by atoms with E-state index in [9.17, 15) is 18.0 Å². The molecule has 196 valence electrons. The van der Waals surface area contributed by atoms with Crippen LogP contribution in [0.1, 0.15) is 26.3 Å². The van der Waals surface area contributed by atoms with E-state index in [0.717, 1.165) is 9.87 Å². The number of carbonyl (C=O) groups excluding carboxylic acids is 2. The second-order valence-electron chi connectivity index (χ2n) is 8.18. The Kier molecular flexibility index (Phi) is 9.03. The van der Waals surface area contributed by atoms with Gasteiger partial charge < -0.3 is 24.4 Å². The molecule has 0 bridgehead atoms. The van der Waals surface area contributed by atoms with Crippen LogP contribution >= 0.6 is 0 Å². The molecule has 0 saturated carbocycles. The van der Waals surface area contributed by atoms with Crippen LogP contribution in [0, 0.1) is 0 Å². The van der Waals surface area contributed by atoms with Crippen LogP contribution in [0.2, 0.25) is 0 Å². The molecule has 1 heterocycles. The van der Waals surface area contributed by atoms with E-state index in [-0.39, 0.29) is 23.9 Å². The predicted molar refractivity (Wildman–Crippen MR) is 136 cm³/mol. The number of likely N-dealkylation sites (N-methyl/N-ethyl adjacent to an activating group) is 1. The highest BCUT2D eigenvalue weighted by Gasteiger charge is 2.31. The zero-order chi connectivity index (χ0) is 26.3. The van der Waals surface area contributed by atoms with E-state index in [4.69, 9.17) is 14.2 Å². The van der Waals surface area contributed by atoms with Crippen LogP contribution < -0.4 is 23.8 Å². The van der Waals surface area contributed by atoms with Gasteiger partial charge in [-0.2, -0.15) is 0 Å². The number of rotatable bonds is 11. The minimum Gasteiger partial charge on any atom is -0.497 e. The summed E-state index contributed by atoms with van der Waals surface area (Å²) in [6.45, 7) is 5.67. The zero-order valence-electron chi connectivity index (χ0n) is 21.0. The molecule has 2 amide bonds. The van der Waals surface area contributed by atoms with E-state index in [1.54, 1.807) is 57.4 Å². The molecule has 1 unspecified atom stereocenters. The van der Waals surface area contributed by atoms with Gasteiger partial charge in [0, 0.05) is 19.2 Å². The molecule has 36 heavy (non-hydrogen) atoms. The maximum Gasteiger partial charge on any atom is 0.244 e. The minimum absolute atomic E-state index is 0.0927. The smallest absolute Gasteiger partial charge is 0.244 e. The fourth-order valence-corrected chi connectivity index (χ4v) is 4.83. The van der Waals surface area contributed by atoms with Gasteiger partial charge in [-0.25, -0.2) is 8.42 Å². The molecule has 0 aromatic heterocycles. The molecule has 0 spiro atoms. The lowest BCUT2D eigenvalue weighted by molar-refractivity contribution is -0.139. The first-order valence-electron chi connectivity index (χ1n) is 11.8. The molecular formula is C25H33N3O7S. The Balaban J connectivity index is 1.95. The van der Waals surface area contributed by atoms with E-state index < -0.39 is 28.5 Å². The summed E-state index contributed by atoms with van der Waals surface area (Å²) < 4.78 is 43.6. The number of hydrogen-bond acceptors (Lipinski definition) is 7. The molecule has 2 aromatic carbocycles. The van der Waals surface area contributed by atoms with Gasteiger partial charge in [-0.05, 0) is 50.6 Å². The van der Waals surface area contributed by atoms with Crippen molar-refractivity contribution in [2.45, 2.75) is 33.4 Å². The molecule has 11 heteroatoms. The number of nitrogens with zero attached hydrogens (tertiary/aromatic N) is 2. The Bertz CT molecular complexity index is 1190. The third kappa shape index (κ3) is 6.39. The van der Waals surface area contributed by atoms with Gasteiger partial charge in [0.05, 0.1) is 18.6 Å². The highest BCUT2D eigenvalue weighted by Crippen LogP contribution is 2.35. The standard InChI is InChI=1S/C25H33N3O7S/c1-5-26-25(30)18(3)27(16-19-8-7-9-21(14-19)33-4)24(29)17-28(36(31,32)6-2)20-10-11-22-23(15-20)35-13-12-34-22/h7-11,14-15,18H,5-6,12-13,16-17H2,1-4H3,(H,26,30). The summed E-state index contributed by atoms with van der Waals surface area (Å²) in [5.41, 5.74) is 1.02. The van der Waals surface area contributed by atoms with Crippen LogP contribution in [0.5, 0.6) is 17.2 Å². The SMILES string of the molecule is CCNC(=O)C(C)N(Cc1cccc(OC)c1)C(=O)CN(c1ccc2c(c1)OCCO2)S(=O)(=O)CC. The van der Waals surface area contributed by atoms with Gasteiger partial charge in [0.15, 0.2) is 11.5 Å². The molecule has 0 aliphatic carbocycles. The Hall–Kier alpha value is -3.47. The average molecular weight is 520 g/mol. The number of sulfonamides is 1. The lowest BCUT2D eigenvalue weighted by Crippen LogP contribution is -2.51. The highest BCUT2D eigenvalue weighted by molar-refractivity contribution is 7.92. The number of nitrogens with one attached hydrogen (secondary N) is 1. The van der Waals surface area contributed by atoms with E-state index in [1.165, 1.54) is 11.8 Å². The third-order valence-corrected chi connectivity index (χ3v) is 7.54. The van der Waals surface area contributed by atoms with Gasteiger partial charge in [-0.1, -0.05) is 12.1 Å². The molecule has 1 N–H and O–H groups in total. The Morgan fingerprint density at radius 2 is 1.81 bits per heavy atom. The fourth-order valence-electron chi connectivity index (χ4n) is 3.78. The lowest BCUT2D eigenvalue weighted by Gasteiger charge is -2.32. The van der Waals surface area contributed by atoms with Crippen molar-refractivity contribution in [3.8, 4) is 17.2 Å². The first-order valence-corrected chi connectivity index (χ1v) is 13.4. The molecule has 0 radical (unpaired) electrons. The van der Waals surface area contributed by atoms with E-state index >= 15 is 0 Å². The van der Waals surface area contributed by atoms with Crippen molar-refractivity contribution in [2.75, 3.05) is 43.5 Å². The number of methoxy groups -OCH3 is 1. The predicted octanol–water partition coefficient (Wildman–Crippen LogP) is 2.18. The second-order valence-corrected chi connectivity index (χ2v) is 10.4. The first kappa shape index (κ1) is 27.1. The normalized spacial score (nSPS) is 13.4. The Morgan fingerprint density at radius 3 is 2.47 bits per heavy atom. The van der Waals surface area contributed by atoms with Crippen LogP contribution in [0.4, 0.5) is 5.69 Å². The number of amides is 2. The van der Waals surface area contributed by atoms with Gasteiger partial charge in [-0.15, -0.1) is 0 Å². The molecule has 3 rings (SSSR count). The minimum atomic E-state index is -3.84. The quantitative estimate of drug-likeness (QED) is 0.484. The number of fused-ring (bicyclic) bond motifs is 1. The number of carbonyl (C=O) groups is 2. The third-order valence-electron chi connectivity index (χ3n) is 5.80. The number of benzene rings is 2. The van der Waals surface area contributed by atoms with E-state index in [0.29, 0.717) is 37.0 Å². The Labute approximate surface area is 212 Å². The van der Waals surface area contributed by atoms with Crippen molar-refractivity contribution in [1.29, 1.82) is 0 Å². The van der Waals surface area contributed by atoms with Crippen LogP contribution in [-0.2, 0) is 26.2 Å². The van der Waals surface area contributed by atoms with Gasteiger partial charge in [0.2, 0.25) is 21.8 Å².